The van der Waals surface area contributed by atoms with E-state index < -0.39 is 0 Å². The Morgan fingerprint density at radius 1 is 1.11 bits per heavy atom. The lowest BCUT2D eigenvalue weighted by Gasteiger charge is -2.30. The molecule has 3 N–H and O–H groups in total. The molecule has 0 saturated heterocycles. The van der Waals surface area contributed by atoms with Gasteiger partial charge in [-0.15, -0.1) is 0 Å². The lowest BCUT2D eigenvalue weighted by atomic mass is 9.99. The highest BCUT2D eigenvalue weighted by Gasteiger charge is 2.33. The highest BCUT2D eigenvalue weighted by Crippen LogP contribution is 2.39. The van der Waals surface area contributed by atoms with Crippen molar-refractivity contribution < 1.29 is 9.59 Å². The number of para-hydroxylation sites is 1. The third kappa shape index (κ3) is 4.63. The van der Waals surface area contributed by atoms with Crippen LogP contribution in [0.3, 0.4) is 0 Å². The first-order valence-electron chi connectivity index (χ1n) is 11.5. The number of nitrogens with one attached hydrogen (secondary N) is 3. The number of hydrogen-bond donors (Lipinski definition) is 3. The summed E-state index contributed by atoms with van der Waals surface area (Å²) >= 11 is 0. The minimum absolute atomic E-state index is 0.0281. The summed E-state index contributed by atoms with van der Waals surface area (Å²) in [5.41, 5.74) is 5.60. The van der Waals surface area contributed by atoms with Crippen molar-refractivity contribution in [3.8, 4) is 11.3 Å². The maximum Gasteiger partial charge on any atom is 0.257 e. The third-order valence-electron chi connectivity index (χ3n) is 6.25. The van der Waals surface area contributed by atoms with Gasteiger partial charge in [0.05, 0.1) is 23.4 Å². The van der Waals surface area contributed by atoms with Crippen LogP contribution in [0.15, 0.2) is 73.2 Å². The van der Waals surface area contributed by atoms with E-state index in [2.05, 4.69) is 25.6 Å². The number of anilines is 3. The van der Waals surface area contributed by atoms with Gasteiger partial charge in [0.2, 0.25) is 5.91 Å². The number of carbonyl (C=O) groups is 2. The SMILES string of the molecule is C[C@@H]1Cc2[nH]c(-c3ccnc(NC(=O)Cc4ccncc4)c3)c(Nc3ccccc3)c2C(=O)N1C. The van der Waals surface area contributed by atoms with Crippen LogP contribution in [0.4, 0.5) is 17.2 Å². The fourth-order valence-electron chi connectivity index (χ4n) is 4.28. The average molecular weight is 467 g/mol. The first kappa shape index (κ1) is 22.3. The molecule has 0 aliphatic carbocycles. The summed E-state index contributed by atoms with van der Waals surface area (Å²) in [6.45, 7) is 2.04. The summed E-state index contributed by atoms with van der Waals surface area (Å²) in [5.74, 6) is 0.246. The van der Waals surface area contributed by atoms with E-state index in [0.717, 1.165) is 40.3 Å². The van der Waals surface area contributed by atoms with E-state index in [1.807, 2.05) is 68.6 Å². The fraction of sp³-hybridized carbons (Fsp3) is 0.185. The Morgan fingerprint density at radius 2 is 1.89 bits per heavy atom. The number of nitrogens with zero attached hydrogens (tertiary/aromatic N) is 3. The van der Waals surface area contributed by atoms with Crippen molar-refractivity contribution >= 4 is 29.0 Å². The second-order valence-corrected chi connectivity index (χ2v) is 8.70. The number of likely N-dealkylation sites (N-methyl/N-ethyl adjacent to an activating group) is 1. The molecule has 8 heteroatoms. The second kappa shape index (κ2) is 9.42. The van der Waals surface area contributed by atoms with Gasteiger partial charge in [-0.05, 0) is 48.9 Å². The molecular weight excluding hydrogens is 440 g/mol. The number of aromatic amines is 1. The van der Waals surface area contributed by atoms with Gasteiger partial charge < -0.3 is 20.5 Å². The van der Waals surface area contributed by atoms with Crippen LogP contribution in [-0.4, -0.2) is 44.8 Å². The Morgan fingerprint density at radius 3 is 2.66 bits per heavy atom. The van der Waals surface area contributed by atoms with Gasteiger partial charge in [-0.3, -0.25) is 14.6 Å². The monoisotopic (exact) mass is 466 g/mol. The molecule has 0 fully saturated rings. The third-order valence-corrected chi connectivity index (χ3v) is 6.25. The summed E-state index contributed by atoms with van der Waals surface area (Å²) in [4.78, 5) is 39.4. The van der Waals surface area contributed by atoms with Crippen molar-refractivity contribution in [3.05, 3.63) is 90.0 Å². The van der Waals surface area contributed by atoms with E-state index in [1.165, 1.54) is 0 Å². The van der Waals surface area contributed by atoms with E-state index >= 15 is 0 Å². The van der Waals surface area contributed by atoms with Gasteiger partial charge in [0.25, 0.3) is 5.91 Å². The van der Waals surface area contributed by atoms with Gasteiger partial charge in [-0.25, -0.2) is 4.98 Å². The molecule has 35 heavy (non-hydrogen) atoms. The normalized spacial score (nSPS) is 15.0. The van der Waals surface area contributed by atoms with Gasteiger partial charge in [0.1, 0.15) is 5.82 Å². The molecule has 0 radical (unpaired) electrons. The number of aromatic nitrogens is 3. The second-order valence-electron chi connectivity index (χ2n) is 8.70. The van der Waals surface area contributed by atoms with Crippen LogP contribution in [0.25, 0.3) is 11.3 Å². The van der Waals surface area contributed by atoms with Crippen LogP contribution >= 0.6 is 0 Å². The molecule has 4 aromatic rings. The average Bonchev–Trinajstić information content (AvgIpc) is 3.21. The van der Waals surface area contributed by atoms with Crippen molar-refractivity contribution in [2.75, 3.05) is 17.7 Å². The van der Waals surface area contributed by atoms with Crippen LogP contribution in [0.5, 0.6) is 0 Å². The maximum absolute atomic E-state index is 13.3. The molecular formula is C27H26N6O2. The Kier molecular flexibility index (Phi) is 6.01. The van der Waals surface area contributed by atoms with Crippen LogP contribution in [-0.2, 0) is 17.6 Å². The minimum Gasteiger partial charge on any atom is -0.356 e. The highest BCUT2D eigenvalue weighted by molar-refractivity contribution is 6.06. The molecule has 1 aliphatic heterocycles. The number of fused-ring (bicyclic) bond motifs is 1. The van der Waals surface area contributed by atoms with Crippen LogP contribution in [0.2, 0.25) is 0 Å². The molecule has 176 valence electrons. The lowest BCUT2D eigenvalue weighted by molar-refractivity contribution is -0.115. The summed E-state index contributed by atoms with van der Waals surface area (Å²) in [5, 5.41) is 6.32. The zero-order chi connectivity index (χ0) is 24.4. The maximum atomic E-state index is 13.3. The Bertz CT molecular complexity index is 1370. The largest absolute Gasteiger partial charge is 0.356 e. The first-order valence-corrected chi connectivity index (χ1v) is 11.5. The van der Waals surface area contributed by atoms with Crippen molar-refractivity contribution in [1.29, 1.82) is 0 Å². The molecule has 0 saturated carbocycles. The zero-order valence-corrected chi connectivity index (χ0v) is 19.6. The summed E-state index contributed by atoms with van der Waals surface area (Å²) in [6.07, 6.45) is 5.93. The summed E-state index contributed by atoms with van der Waals surface area (Å²) in [7, 11) is 1.83. The number of pyridine rings is 2. The number of benzene rings is 1. The summed E-state index contributed by atoms with van der Waals surface area (Å²) < 4.78 is 0. The van der Waals surface area contributed by atoms with Crippen LogP contribution in [0.1, 0.15) is 28.5 Å². The van der Waals surface area contributed by atoms with Gasteiger partial charge in [0, 0.05) is 55.0 Å². The minimum atomic E-state index is -0.167. The van der Waals surface area contributed by atoms with E-state index in [1.54, 1.807) is 23.5 Å². The molecule has 1 aromatic carbocycles. The lowest BCUT2D eigenvalue weighted by Crippen LogP contribution is -2.41. The smallest absolute Gasteiger partial charge is 0.257 e. The topological polar surface area (TPSA) is 103 Å². The van der Waals surface area contributed by atoms with Crippen molar-refractivity contribution in [2.45, 2.75) is 25.8 Å². The summed E-state index contributed by atoms with van der Waals surface area (Å²) in [6, 6.07) is 17.1. The van der Waals surface area contributed by atoms with E-state index in [0.29, 0.717) is 11.4 Å². The van der Waals surface area contributed by atoms with Gasteiger partial charge >= 0.3 is 0 Å². The molecule has 2 amide bonds. The number of hydrogen-bond acceptors (Lipinski definition) is 5. The number of rotatable bonds is 6. The molecule has 0 unspecified atom stereocenters. The predicted molar refractivity (Wildman–Crippen MR) is 136 cm³/mol. The number of carbonyl (C=O) groups excluding carboxylic acids is 2. The first-order chi connectivity index (χ1) is 17.0. The van der Waals surface area contributed by atoms with Crippen molar-refractivity contribution in [2.24, 2.45) is 0 Å². The molecule has 8 nitrogen and oxygen atoms in total. The highest BCUT2D eigenvalue weighted by atomic mass is 16.2. The van der Waals surface area contributed by atoms with Crippen LogP contribution in [0, 0.1) is 0 Å². The quantitative estimate of drug-likeness (QED) is 0.391. The van der Waals surface area contributed by atoms with Gasteiger partial charge in [-0.1, -0.05) is 18.2 Å². The Labute approximate surface area is 203 Å². The molecule has 0 bridgehead atoms. The predicted octanol–water partition coefficient (Wildman–Crippen LogP) is 4.41. The molecule has 0 spiro atoms. The molecule has 3 aromatic heterocycles. The Balaban J connectivity index is 1.49. The number of amides is 2. The van der Waals surface area contributed by atoms with Crippen LogP contribution < -0.4 is 10.6 Å². The van der Waals surface area contributed by atoms with Crippen molar-refractivity contribution in [3.63, 3.8) is 0 Å². The zero-order valence-electron chi connectivity index (χ0n) is 19.6. The molecule has 4 heterocycles. The molecule has 1 atom stereocenters. The standard InChI is InChI=1S/C27H26N6O2/c1-17-14-21-24(27(35)33(17)2)26(30-20-6-4-3-5-7-20)25(31-21)19-10-13-29-22(16-19)32-23(34)15-18-8-11-28-12-9-18/h3-13,16-17,30-31H,14-15H2,1-2H3,(H,29,32,34)/t17-/m1/s1. The fourth-order valence-corrected chi connectivity index (χ4v) is 4.28. The molecule has 1 aliphatic rings. The Hall–Kier alpha value is -4.46. The van der Waals surface area contributed by atoms with E-state index in [4.69, 9.17) is 0 Å². The number of H-pyrrole nitrogens is 1. The van der Waals surface area contributed by atoms with E-state index in [9.17, 15) is 9.59 Å². The van der Waals surface area contributed by atoms with Crippen molar-refractivity contribution in [1.82, 2.24) is 19.9 Å². The van der Waals surface area contributed by atoms with E-state index in [-0.39, 0.29) is 24.3 Å². The van der Waals surface area contributed by atoms with Gasteiger partial charge in [-0.2, -0.15) is 0 Å². The molecule has 5 rings (SSSR count). The van der Waals surface area contributed by atoms with Gasteiger partial charge in [0.15, 0.2) is 0 Å².